The smallest absolute Gasteiger partial charge is 0.423 e. The summed E-state index contributed by atoms with van der Waals surface area (Å²) < 4.78 is 13.2. The number of rotatable bonds is 3. The van der Waals surface area contributed by atoms with Crippen molar-refractivity contribution in [1.29, 1.82) is 0 Å². The summed E-state index contributed by atoms with van der Waals surface area (Å²) in [6.07, 6.45) is 0. The van der Waals surface area contributed by atoms with Crippen LogP contribution in [0, 0.1) is 11.2 Å². The van der Waals surface area contributed by atoms with Crippen molar-refractivity contribution in [2.24, 2.45) is 5.41 Å². The third-order valence-electron chi connectivity index (χ3n) is 3.05. The summed E-state index contributed by atoms with van der Waals surface area (Å²) in [6.45, 7) is 7.17. The van der Waals surface area contributed by atoms with Crippen molar-refractivity contribution < 1.29 is 14.4 Å². The molecule has 1 aromatic carbocycles. The van der Waals surface area contributed by atoms with Crippen LogP contribution in [0.3, 0.4) is 0 Å². The Hall–Kier alpha value is -0.905. The Kier molecular flexibility index (Phi) is 3.25. The maximum absolute atomic E-state index is 13.2. The molecule has 0 radical (unpaired) electrons. The molecule has 0 aromatic heterocycles. The van der Waals surface area contributed by atoms with E-state index in [2.05, 4.69) is 18.7 Å². The summed E-state index contributed by atoms with van der Waals surface area (Å²) in [5.74, 6) is -0.576. The molecule has 1 heterocycles. The molecule has 1 aliphatic rings. The SMILES string of the molecule is CC1(C)CN(Cc2ccc(F)c(B(O)O)c2)C1. The molecule has 92 valence electrons. The van der Waals surface area contributed by atoms with Crippen LogP contribution in [0.1, 0.15) is 19.4 Å². The molecule has 0 saturated carbocycles. The Balaban J connectivity index is 2.05. The summed E-state index contributed by atoms with van der Waals surface area (Å²) in [7, 11) is -1.75. The number of halogens is 1. The zero-order valence-electron chi connectivity index (χ0n) is 10.2. The lowest BCUT2D eigenvalue weighted by molar-refractivity contribution is 0.0242. The van der Waals surface area contributed by atoms with Crippen molar-refractivity contribution >= 4 is 12.6 Å². The van der Waals surface area contributed by atoms with Gasteiger partial charge in [-0.3, -0.25) is 4.90 Å². The topological polar surface area (TPSA) is 43.7 Å². The summed E-state index contributed by atoms with van der Waals surface area (Å²) in [6, 6.07) is 4.49. The van der Waals surface area contributed by atoms with Crippen LogP contribution in [-0.2, 0) is 6.54 Å². The van der Waals surface area contributed by atoms with Gasteiger partial charge in [-0.2, -0.15) is 0 Å². The molecule has 1 fully saturated rings. The molecular formula is C12H17BFNO2. The number of nitrogens with zero attached hydrogens (tertiary/aromatic N) is 1. The van der Waals surface area contributed by atoms with Crippen molar-refractivity contribution in [3.63, 3.8) is 0 Å². The van der Waals surface area contributed by atoms with E-state index in [1.807, 2.05) is 0 Å². The molecule has 0 bridgehead atoms. The first-order chi connectivity index (χ1) is 7.87. The second kappa shape index (κ2) is 4.40. The minimum absolute atomic E-state index is 0.0534. The molecular weight excluding hydrogens is 220 g/mol. The standard InChI is InChI=1S/C12H17BFNO2/c1-12(2)7-15(8-12)6-9-3-4-11(14)10(5-9)13(16)17/h3-5,16-17H,6-8H2,1-2H3. The molecule has 1 aromatic rings. The molecule has 0 aliphatic carbocycles. The minimum Gasteiger partial charge on any atom is -0.423 e. The second-order valence-corrected chi connectivity index (χ2v) is 5.54. The fourth-order valence-corrected chi connectivity index (χ4v) is 2.42. The van der Waals surface area contributed by atoms with E-state index in [0.717, 1.165) is 25.2 Å². The van der Waals surface area contributed by atoms with Gasteiger partial charge in [-0.05, 0) is 17.0 Å². The normalized spacial score (nSPS) is 18.9. The average molecular weight is 237 g/mol. The van der Waals surface area contributed by atoms with Crippen LogP contribution < -0.4 is 5.46 Å². The van der Waals surface area contributed by atoms with Crippen molar-refractivity contribution in [2.45, 2.75) is 20.4 Å². The van der Waals surface area contributed by atoms with Gasteiger partial charge in [0.25, 0.3) is 0 Å². The first-order valence-corrected chi connectivity index (χ1v) is 5.74. The predicted molar refractivity (Wildman–Crippen MR) is 65.3 cm³/mol. The maximum atomic E-state index is 13.2. The van der Waals surface area contributed by atoms with Gasteiger partial charge in [0.2, 0.25) is 0 Å². The zero-order chi connectivity index (χ0) is 12.6. The van der Waals surface area contributed by atoms with Gasteiger partial charge in [0.15, 0.2) is 0 Å². The van der Waals surface area contributed by atoms with E-state index in [1.54, 1.807) is 6.07 Å². The van der Waals surface area contributed by atoms with Gasteiger partial charge < -0.3 is 10.0 Å². The lowest BCUT2D eigenvalue weighted by Gasteiger charge is -2.46. The van der Waals surface area contributed by atoms with Crippen LogP contribution in [0.4, 0.5) is 4.39 Å². The van der Waals surface area contributed by atoms with Gasteiger partial charge in [0, 0.05) is 25.1 Å². The lowest BCUT2D eigenvalue weighted by atomic mass is 9.78. The molecule has 2 N–H and O–H groups in total. The maximum Gasteiger partial charge on any atom is 0.491 e. The first kappa shape index (κ1) is 12.5. The highest BCUT2D eigenvalue weighted by Crippen LogP contribution is 2.29. The van der Waals surface area contributed by atoms with E-state index < -0.39 is 12.9 Å². The second-order valence-electron chi connectivity index (χ2n) is 5.54. The van der Waals surface area contributed by atoms with Crippen molar-refractivity contribution in [2.75, 3.05) is 13.1 Å². The summed E-state index contributed by atoms with van der Waals surface area (Å²) in [5.41, 5.74) is 1.21. The Morgan fingerprint density at radius 2 is 2.00 bits per heavy atom. The Morgan fingerprint density at radius 3 is 2.53 bits per heavy atom. The highest BCUT2D eigenvalue weighted by atomic mass is 19.1. The molecule has 0 unspecified atom stereocenters. The third kappa shape index (κ3) is 2.86. The highest BCUT2D eigenvalue weighted by Gasteiger charge is 2.33. The summed E-state index contributed by atoms with van der Waals surface area (Å²) >= 11 is 0. The monoisotopic (exact) mass is 237 g/mol. The lowest BCUT2D eigenvalue weighted by Crippen LogP contribution is -2.52. The van der Waals surface area contributed by atoms with Crippen LogP contribution >= 0.6 is 0 Å². The fourth-order valence-electron chi connectivity index (χ4n) is 2.42. The quantitative estimate of drug-likeness (QED) is 0.745. The van der Waals surface area contributed by atoms with E-state index in [4.69, 9.17) is 10.0 Å². The van der Waals surface area contributed by atoms with Gasteiger partial charge in [0.1, 0.15) is 5.82 Å². The van der Waals surface area contributed by atoms with Crippen molar-refractivity contribution in [3.05, 3.63) is 29.6 Å². The minimum atomic E-state index is -1.75. The van der Waals surface area contributed by atoms with Crippen LogP contribution in [0.5, 0.6) is 0 Å². The third-order valence-corrected chi connectivity index (χ3v) is 3.05. The molecule has 2 rings (SSSR count). The van der Waals surface area contributed by atoms with E-state index >= 15 is 0 Å². The Labute approximate surface area is 101 Å². The van der Waals surface area contributed by atoms with Crippen molar-refractivity contribution in [3.8, 4) is 0 Å². The van der Waals surface area contributed by atoms with Crippen LogP contribution in [0.15, 0.2) is 18.2 Å². The van der Waals surface area contributed by atoms with Gasteiger partial charge >= 0.3 is 7.12 Å². The van der Waals surface area contributed by atoms with E-state index in [-0.39, 0.29) is 5.46 Å². The van der Waals surface area contributed by atoms with E-state index in [0.29, 0.717) is 5.41 Å². The molecule has 3 nitrogen and oxygen atoms in total. The van der Waals surface area contributed by atoms with Crippen LogP contribution in [0.25, 0.3) is 0 Å². The Bertz CT molecular complexity index is 415. The van der Waals surface area contributed by atoms with Gasteiger partial charge in [0.05, 0.1) is 0 Å². The van der Waals surface area contributed by atoms with Crippen molar-refractivity contribution in [1.82, 2.24) is 4.90 Å². The average Bonchev–Trinajstić information content (AvgIpc) is 2.17. The number of likely N-dealkylation sites (tertiary alicyclic amines) is 1. The first-order valence-electron chi connectivity index (χ1n) is 5.74. The van der Waals surface area contributed by atoms with Gasteiger partial charge in [-0.15, -0.1) is 0 Å². The number of hydrogen-bond acceptors (Lipinski definition) is 3. The van der Waals surface area contributed by atoms with Gasteiger partial charge in [-0.25, -0.2) is 4.39 Å². The summed E-state index contributed by atoms with van der Waals surface area (Å²) in [4.78, 5) is 2.25. The Morgan fingerprint density at radius 1 is 1.35 bits per heavy atom. The van der Waals surface area contributed by atoms with E-state index in [9.17, 15) is 4.39 Å². The van der Waals surface area contributed by atoms with Gasteiger partial charge in [-0.1, -0.05) is 26.0 Å². The van der Waals surface area contributed by atoms with Crippen LogP contribution in [0.2, 0.25) is 0 Å². The molecule has 1 saturated heterocycles. The predicted octanol–water partition coefficient (Wildman–Crippen LogP) is 0.347. The fraction of sp³-hybridized carbons (Fsp3) is 0.500. The number of benzene rings is 1. The molecule has 0 amide bonds. The zero-order valence-corrected chi connectivity index (χ0v) is 10.2. The molecule has 1 aliphatic heterocycles. The van der Waals surface area contributed by atoms with E-state index in [1.165, 1.54) is 12.1 Å². The largest absolute Gasteiger partial charge is 0.491 e. The van der Waals surface area contributed by atoms with Crippen LogP contribution in [-0.4, -0.2) is 35.2 Å². The molecule has 0 spiro atoms. The molecule has 17 heavy (non-hydrogen) atoms. The molecule has 5 heteroatoms. The summed E-state index contributed by atoms with van der Waals surface area (Å²) in [5, 5.41) is 18.0. The number of hydrogen-bond donors (Lipinski definition) is 2. The highest BCUT2D eigenvalue weighted by molar-refractivity contribution is 6.58. The molecule has 0 atom stereocenters.